The predicted octanol–water partition coefficient (Wildman–Crippen LogP) is -0.172. The van der Waals surface area contributed by atoms with Crippen LogP contribution in [-0.2, 0) is 0 Å². The van der Waals surface area contributed by atoms with Crippen LogP contribution in [0.2, 0.25) is 0 Å². The summed E-state index contributed by atoms with van der Waals surface area (Å²) in [7, 11) is 0. The number of rotatable bonds is 1. The molecule has 0 aromatic carbocycles. The Morgan fingerprint density at radius 3 is 3.17 bits per heavy atom. The second-order valence-electron chi connectivity index (χ2n) is 2.31. The number of hydrogen-bond donors (Lipinski definition) is 1. The first-order chi connectivity index (χ1) is 5.79. The van der Waals surface area contributed by atoms with Crippen molar-refractivity contribution in [3.05, 3.63) is 30.2 Å². The third-order valence-electron chi connectivity index (χ3n) is 1.54. The first-order valence-electron chi connectivity index (χ1n) is 3.37. The van der Waals surface area contributed by atoms with Crippen molar-refractivity contribution in [1.29, 1.82) is 0 Å². The van der Waals surface area contributed by atoms with Crippen LogP contribution in [0, 0.1) is 0 Å². The monoisotopic (exact) mass is 162 g/mol. The molecule has 2 heterocycles. The van der Waals surface area contributed by atoms with Crippen LogP contribution in [0.25, 0.3) is 5.65 Å². The van der Waals surface area contributed by atoms with Crippen LogP contribution in [-0.4, -0.2) is 20.5 Å². The Bertz CT molecular complexity index is 434. The molecule has 1 amide bonds. The van der Waals surface area contributed by atoms with Gasteiger partial charge in [-0.1, -0.05) is 0 Å². The molecule has 0 fully saturated rings. The average Bonchev–Trinajstić information content (AvgIpc) is 2.47. The lowest BCUT2D eigenvalue weighted by molar-refractivity contribution is 0.100. The molecule has 5 heteroatoms. The van der Waals surface area contributed by atoms with E-state index in [-0.39, 0.29) is 0 Å². The van der Waals surface area contributed by atoms with Gasteiger partial charge in [0.05, 0.1) is 6.20 Å². The Kier molecular flexibility index (Phi) is 1.30. The van der Waals surface area contributed by atoms with Crippen molar-refractivity contribution in [3.63, 3.8) is 0 Å². The summed E-state index contributed by atoms with van der Waals surface area (Å²) in [5, 5.41) is 3.89. The van der Waals surface area contributed by atoms with E-state index in [0.29, 0.717) is 11.2 Å². The molecule has 60 valence electrons. The fourth-order valence-corrected chi connectivity index (χ4v) is 1.00. The van der Waals surface area contributed by atoms with Gasteiger partial charge in [0.2, 0.25) is 0 Å². The van der Waals surface area contributed by atoms with Gasteiger partial charge in [0.15, 0.2) is 5.65 Å². The van der Waals surface area contributed by atoms with Crippen LogP contribution in [0.4, 0.5) is 0 Å². The maximum absolute atomic E-state index is 10.8. The minimum absolute atomic E-state index is 0.343. The minimum atomic E-state index is -0.510. The van der Waals surface area contributed by atoms with E-state index >= 15 is 0 Å². The smallest absolute Gasteiger partial charge is 0.254 e. The molecule has 0 aliphatic rings. The third kappa shape index (κ3) is 0.833. The van der Waals surface area contributed by atoms with Gasteiger partial charge in [-0.3, -0.25) is 4.79 Å². The van der Waals surface area contributed by atoms with Gasteiger partial charge < -0.3 is 5.73 Å². The second-order valence-corrected chi connectivity index (χ2v) is 2.31. The van der Waals surface area contributed by atoms with E-state index in [1.54, 1.807) is 18.5 Å². The van der Waals surface area contributed by atoms with Gasteiger partial charge >= 0.3 is 0 Å². The Morgan fingerprint density at radius 2 is 2.42 bits per heavy atom. The van der Waals surface area contributed by atoms with Crippen LogP contribution < -0.4 is 5.73 Å². The lowest BCUT2D eigenvalue weighted by Gasteiger charge is -1.90. The summed E-state index contributed by atoms with van der Waals surface area (Å²) in [6.07, 6.45) is 4.70. The molecule has 0 aliphatic carbocycles. The van der Waals surface area contributed by atoms with E-state index in [2.05, 4.69) is 10.1 Å². The number of nitrogens with zero attached hydrogens (tertiary/aromatic N) is 3. The normalized spacial score (nSPS) is 10.3. The minimum Gasteiger partial charge on any atom is -0.365 e. The number of amides is 1. The largest absolute Gasteiger partial charge is 0.365 e. The summed E-state index contributed by atoms with van der Waals surface area (Å²) in [5.41, 5.74) is 5.93. The molecule has 12 heavy (non-hydrogen) atoms. The zero-order chi connectivity index (χ0) is 8.55. The summed E-state index contributed by atoms with van der Waals surface area (Å²) in [6.45, 7) is 0. The topological polar surface area (TPSA) is 73.3 Å². The van der Waals surface area contributed by atoms with Crippen LogP contribution in [0.3, 0.4) is 0 Å². The molecule has 0 saturated carbocycles. The molecule has 0 radical (unpaired) electrons. The molecule has 5 nitrogen and oxygen atoms in total. The van der Waals surface area contributed by atoms with Crippen molar-refractivity contribution in [2.24, 2.45) is 5.73 Å². The van der Waals surface area contributed by atoms with Crippen molar-refractivity contribution in [2.45, 2.75) is 0 Å². The standard InChI is InChI=1S/C7H6N4O/c8-6(12)5-4-10-11-3-1-2-9-7(5)11/h1-4H,(H2,8,12). The summed E-state index contributed by atoms with van der Waals surface area (Å²) in [4.78, 5) is 14.8. The van der Waals surface area contributed by atoms with Crippen LogP contribution in [0.5, 0.6) is 0 Å². The highest BCUT2D eigenvalue weighted by atomic mass is 16.1. The van der Waals surface area contributed by atoms with E-state index in [0.717, 1.165) is 0 Å². The zero-order valence-electron chi connectivity index (χ0n) is 6.14. The van der Waals surface area contributed by atoms with Crippen molar-refractivity contribution in [3.8, 4) is 0 Å². The van der Waals surface area contributed by atoms with Gasteiger partial charge in [-0.15, -0.1) is 0 Å². The number of fused-ring (bicyclic) bond motifs is 1. The van der Waals surface area contributed by atoms with Gasteiger partial charge in [0.25, 0.3) is 5.91 Å². The first kappa shape index (κ1) is 6.78. The molecule has 0 saturated heterocycles. The summed E-state index contributed by atoms with van der Waals surface area (Å²) in [6, 6.07) is 1.73. The van der Waals surface area contributed by atoms with Gasteiger partial charge in [0.1, 0.15) is 5.56 Å². The SMILES string of the molecule is NC(=O)c1cnn2cccnc12. The lowest BCUT2D eigenvalue weighted by Crippen LogP contribution is -2.10. The third-order valence-corrected chi connectivity index (χ3v) is 1.54. The highest BCUT2D eigenvalue weighted by Gasteiger charge is 2.08. The number of primary amides is 1. The summed E-state index contributed by atoms with van der Waals surface area (Å²) in [5.74, 6) is -0.510. The number of nitrogens with two attached hydrogens (primary N) is 1. The summed E-state index contributed by atoms with van der Waals surface area (Å²) < 4.78 is 1.50. The zero-order valence-corrected chi connectivity index (χ0v) is 6.14. The molecular formula is C7H6N4O. The number of aromatic nitrogens is 3. The molecule has 2 rings (SSSR count). The average molecular weight is 162 g/mol. The van der Waals surface area contributed by atoms with Gasteiger partial charge in [-0.05, 0) is 6.07 Å². The molecule has 0 spiro atoms. The molecule has 2 N–H and O–H groups in total. The summed E-state index contributed by atoms with van der Waals surface area (Å²) >= 11 is 0. The maximum Gasteiger partial charge on any atom is 0.254 e. The van der Waals surface area contributed by atoms with E-state index in [4.69, 9.17) is 5.73 Å². The van der Waals surface area contributed by atoms with Gasteiger partial charge in [-0.25, -0.2) is 9.50 Å². The number of carbonyl (C=O) groups excluding carboxylic acids is 1. The van der Waals surface area contributed by atoms with Crippen molar-refractivity contribution in [2.75, 3.05) is 0 Å². The molecule has 2 aromatic heterocycles. The molecule has 0 aliphatic heterocycles. The Hall–Kier alpha value is -1.91. The highest BCUT2D eigenvalue weighted by Crippen LogP contribution is 2.04. The molecule has 2 aromatic rings. The number of hydrogen-bond acceptors (Lipinski definition) is 3. The van der Waals surface area contributed by atoms with Crippen molar-refractivity contribution in [1.82, 2.24) is 14.6 Å². The van der Waals surface area contributed by atoms with Crippen LogP contribution in [0.15, 0.2) is 24.7 Å². The van der Waals surface area contributed by atoms with E-state index in [1.807, 2.05) is 0 Å². The first-order valence-corrected chi connectivity index (χ1v) is 3.37. The lowest BCUT2D eigenvalue weighted by atomic mass is 10.3. The number of carbonyl (C=O) groups is 1. The quantitative estimate of drug-likeness (QED) is 0.632. The van der Waals surface area contributed by atoms with E-state index in [1.165, 1.54) is 10.7 Å². The Morgan fingerprint density at radius 1 is 1.58 bits per heavy atom. The van der Waals surface area contributed by atoms with Crippen LogP contribution in [0.1, 0.15) is 10.4 Å². The van der Waals surface area contributed by atoms with Gasteiger partial charge in [-0.2, -0.15) is 5.10 Å². The highest BCUT2D eigenvalue weighted by molar-refractivity contribution is 5.98. The van der Waals surface area contributed by atoms with Crippen molar-refractivity contribution < 1.29 is 4.79 Å². The Labute approximate surface area is 67.8 Å². The van der Waals surface area contributed by atoms with E-state index in [9.17, 15) is 4.79 Å². The maximum atomic E-state index is 10.8. The van der Waals surface area contributed by atoms with Gasteiger partial charge in [0, 0.05) is 12.4 Å². The molecule has 0 bridgehead atoms. The fourth-order valence-electron chi connectivity index (χ4n) is 1.00. The molecular weight excluding hydrogens is 156 g/mol. The van der Waals surface area contributed by atoms with Crippen molar-refractivity contribution >= 4 is 11.6 Å². The predicted molar refractivity (Wildman–Crippen MR) is 41.5 cm³/mol. The van der Waals surface area contributed by atoms with Crippen LogP contribution >= 0.6 is 0 Å². The Balaban J connectivity index is 2.79. The molecule has 0 atom stereocenters. The molecule has 0 unspecified atom stereocenters. The fraction of sp³-hybridized carbons (Fsp3) is 0. The van der Waals surface area contributed by atoms with E-state index < -0.39 is 5.91 Å². The second kappa shape index (κ2) is 2.30.